The highest BCUT2D eigenvalue weighted by molar-refractivity contribution is 7.92. The van der Waals surface area contributed by atoms with E-state index >= 15 is 0 Å². The third-order valence-electron chi connectivity index (χ3n) is 3.39. The van der Waals surface area contributed by atoms with Gasteiger partial charge >= 0.3 is 0 Å². The van der Waals surface area contributed by atoms with Crippen LogP contribution in [0.1, 0.15) is 27.9 Å². The smallest absolute Gasteiger partial charge is 0.175 e. The summed E-state index contributed by atoms with van der Waals surface area (Å²) in [4.78, 5) is 12.0. The lowest BCUT2D eigenvalue weighted by Gasteiger charge is -2.04. The number of hydrogen-bond donors (Lipinski definition) is 0. The summed E-state index contributed by atoms with van der Waals surface area (Å²) in [5.41, 5.74) is 3.08. The van der Waals surface area contributed by atoms with Crippen molar-refractivity contribution in [3.8, 4) is 0 Å². The maximum absolute atomic E-state index is 12.0. The van der Waals surface area contributed by atoms with E-state index in [0.29, 0.717) is 5.56 Å². The van der Waals surface area contributed by atoms with Crippen molar-refractivity contribution in [3.05, 3.63) is 34.9 Å². The van der Waals surface area contributed by atoms with Crippen LogP contribution in [0.5, 0.6) is 0 Å². The van der Waals surface area contributed by atoms with Crippen LogP contribution in [0.2, 0.25) is 0 Å². The van der Waals surface area contributed by atoms with Crippen LogP contribution in [0.25, 0.3) is 0 Å². The Hall–Kier alpha value is -1.01. The van der Waals surface area contributed by atoms with Crippen molar-refractivity contribution in [2.45, 2.75) is 19.3 Å². The van der Waals surface area contributed by atoms with Gasteiger partial charge in [-0.25, -0.2) is 8.42 Å². The molecule has 1 aliphatic rings. The van der Waals surface area contributed by atoms with E-state index in [1.165, 1.54) is 11.1 Å². The first-order valence-corrected chi connectivity index (χ1v) is 10.1. The Labute approximate surface area is 122 Å². The second-order valence-electron chi connectivity index (χ2n) is 5.18. The summed E-state index contributed by atoms with van der Waals surface area (Å²) in [5, 5.41) is 0. The van der Waals surface area contributed by atoms with Gasteiger partial charge in [-0.15, -0.1) is 0 Å². The van der Waals surface area contributed by atoms with E-state index in [4.69, 9.17) is 0 Å². The van der Waals surface area contributed by atoms with Crippen molar-refractivity contribution in [2.75, 3.05) is 23.5 Å². The summed E-state index contributed by atoms with van der Waals surface area (Å²) in [7, 11) is -4.56. The summed E-state index contributed by atoms with van der Waals surface area (Å²) in [5.74, 6) is -0.396. The van der Waals surface area contributed by atoms with Crippen LogP contribution in [0.15, 0.2) is 18.2 Å². The van der Waals surface area contributed by atoms with E-state index < -0.39 is 20.6 Å². The molecule has 110 valence electrons. The van der Waals surface area contributed by atoms with Crippen LogP contribution in [-0.4, -0.2) is 41.9 Å². The molecule has 0 fully saturated rings. The lowest BCUT2D eigenvalue weighted by Crippen LogP contribution is -2.18. The number of fused-ring (bicyclic) bond motifs is 1. The molecule has 0 amide bonds. The van der Waals surface area contributed by atoms with Crippen LogP contribution >= 0.6 is 0 Å². The standard InChI is InChI=1S/C14H18O4S2/c1-20(17,18)8-7-19(16)10-14(15)13-6-5-11-3-2-4-12(11)9-13/h5-6,9H,2-4,7-8,10H2,1H3. The number of carbonyl (C=O) groups excluding carboxylic acids is 1. The minimum absolute atomic E-state index is 0.0233. The van der Waals surface area contributed by atoms with E-state index in [1.807, 2.05) is 12.1 Å². The highest BCUT2D eigenvalue weighted by Gasteiger charge is 2.16. The number of ketones is 1. The average Bonchev–Trinajstić information content (AvgIpc) is 2.82. The molecule has 1 unspecified atom stereocenters. The molecule has 4 nitrogen and oxygen atoms in total. The number of Topliss-reactive ketones (excluding diaryl/α,β-unsaturated/α-hetero) is 1. The molecule has 0 spiro atoms. The SMILES string of the molecule is CS(=O)(=O)CCS(=O)CC(=O)c1ccc2c(c1)CCC2. The largest absolute Gasteiger partial charge is 0.293 e. The summed E-state index contributed by atoms with van der Waals surface area (Å²) < 4.78 is 33.7. The second kappa shape index (κ2) is 6.18. The topological polar surface area (TPSA) is 68.3 Å². The molecule has 2 rings (SSSR count). The molecule has 0 saturated heterocycles. The molecule has 0 aliphatic heterocycles. The fourth-order valence-corrected chi connectivity index (χ4v) is 4.85. The number of carbonyl (C=O) groups is 1. The van der Waals surface area contributed by atoms with Gasteiger partial charge in [-0.05, 0) is 36.5 Å². The van der Waals surface area contributed by atoms with Gasteiger partial charge < -0.3 is 0 Å². The van der Waals surface area contributed by atoms with Crippen molar-refractivity contribution in [3.63, 3.8) is 0 Å². The predicted octanol–water partition coefficient (Wildman–Crippen LogP) is 1.15. The maximum atomic E-state index is 12.0. The van der Waals surface area contributed by atoms with Gasteiger partial charge in [0.25, 0.3) is 0 Å². The van der Waals surface area contributed by atoms with E-state index in [9.17, 15) is 17.4 Å². The first kappa shape index (κ1) is 15.4. The molecule has 0 radical (unpaired) electrons. The van der Waals surface area contributed by atoms with Crippen molar-refractivity contribution in [1.82, 2.24) is 0 Å². The Morgan fingerprint density at radius 2 is 1.95 bits per heavy atom. The first-order valence-electron chi connectivity index (χ1n) is 6.53. The zero-order valence-electron chi connectivity index (χ0n) is 11.4. The first-order chi connectivity index (χ1) is 9.35. The molecular formula is C14H18O4S2. The highest BCUT2D eigenvalue weighted by atomic mass is 32.2. The van der Waals surface area contributed by atoms with Gasteiger partial charge in [0.1, 0.15) is 9.84 Å². The van der Waals surface area contributed by atoms with Crippen LogP contribution < -0.4 is 0 Å². The fourth-order valence-electron chi connectivity index (χ4n) is 2.29. The van der Waals surface area contributed by atoms with Crippen molar-refractivity contribution < 1.29 is 17.4 Å². The average molecular weight is 314 g/mol. The lowest BCUT2D eigenvalue weighted by atomic mass is 10.0. The molecule has 1 aromatic carbocycles. The van der Waals surface area contributed by atoms with E-state index in [-0.39, 0.29) is 23.0 Å². The fraction of sp³-hybridized carbons (Fsp3) is 0.500. The Morgan fingerprint density at radius 3 is 2.65 bits per heavy atom. The van der Waals surface area contributed by atoms with E-state index in [2.05, 4.69) is 0 Å². The zero-order chi connectivity index (χ0) is 14.8. The molecule has 6 heteroatoms. The number of benzene rings is 1. The van der Waals surface area contributed by atoms with E-state index in [1.54, 1.807) is 6.07 Å². The van der Waals surface area contributed by atoms with Crippen LogP contribution in [0, 0.1) is 0 Å². The van der Waals surface area contributed by atoms with Crippen molar-refractivity contribution in [2.24, 2.45) is 0 Å². The minimum atomic E-state index is -3.13. The summed E-state index contributed by atoms with van der Waals surface area (Å²) in [6, 6.07) is 5.63. The van der Waals surface area contributed by atoms with E-state index in [0.717, 1.165) is 25.5 Å². The molecule has 0 bridgehead atoms. The van der Waals surface area contributed by atoms with Crippen molar-refractivity contribution in [1.29, 1.82) is 0 Å². The molecule has 0 heterocycles. The summed E-state index contributed by atoms with van der Waals surface area (Å²) in [6.07, 6.45) is 4.28. The van der Waals surface area contributed by atoms with Gasteiger partial charge in [0.2, 0.25) is 0 Å². The van der Waals surface area contributed by atoms with Crippen LogP contribution in [0.3, 0.4) is 0 Å². The van der Waals surface area contributed by atoms with Gasteiger partial charge in [-0.1, -0.05) is 12.1 Å². The molecule has 20 heavy (non-hydrogen) atoms. The quantitative estimate of drug-likeness (QED) is 0.739. The third kappa shape index (κ3) is 4.24. The van der Waals surface area contributed by atoms with Crippen molar-refractivity contribution >= 4 is 26.4 Å². The Kier molecular flexibility index (Phi) is 4.75. The highest BCUT2D eigenvalue weighted by Crippen LogP contribution is 2.23. The normalized spacial score (nSPS) is 15.8. The van der Waals surface area contributed by atoms with Gasteiger partial charge in [0.05, 0.1) is 11.5 Å². The van der Waals surface area contributed by atoms with Gasteiger partial charge in [0, 0.05) is 28.4 Å². The predicted molar refractivity (Wildman–Crippen MR) is 80.4 cm³/mol. The summed E-state index contributed by atoms with van der Waals surface area (Å²) in [6.45, 7) is 0. The molecule has 1 aliphatic carbocycles. The number of sulfone groups is 1. The lowest BCUT2D eigenvalue weighted by molar-refractivity contribution is 0.102. The third-order valence-corrected chi connectivity index (χ3v) is 5.84. The number of hydrogen-bond acceptors (Lipinski definition) is 4. The molecular weight excluding hydrogens is 296 g/mol. The second-order valence-corrected chi connectivity index (χ2v) is 9.01. The van der Waals surface area contributed by atoms with Gasteiger partial charge in [-0.2, -0.15) is 0 Å². The molecule has 1 atom stereocenters. The Bertz CT molecular complexity index is 647. The van der Waals surface area contributed by atoms with Crippen LogP contribution in [-0.2, 0) is 33.5 Å². The minimum Gasteiger partial charge on any atom is -0.293 e. The number of aryl methyl sites for hydroxylation is 2. The monoisotopic (exact) mass is 314 g/mol. The summed E-state index contributed by atoms with van der Waals surface area (Å²) >= 11 is 0. The number of rotatable bonds is 6. The Balaban J connectivity index is 1.96. The van der Waals surface area contributed by atoms with Gasteiger partial charge in [-0.3, -0.25) is 9.00 Å². The molecule has 0 aromatic heterocycles. The van der Waals surface area contributed by atoms with Crippen LogP contribution in [0.4, 0.5) is 0 Å². The zero-order valence-corrected chi connectivity index (χ0v) is 13.1. The Morgan fingerprint density at radius 1 is 1.25 bits per heavy atom. The molecule has 1 aromatic rings. The maximum Gasteiger partial charge on any atom is 0.175 e. The molecule has 0 N–H and O–H groups in total. The molecule has 0 saturated carbocycles. The van der Waals surface area contributed by atoms with Gasteiger partial charge in [0.15, 0.2) is 5.78 Å².